The Labute approximate surface area is 104 Å². The Balaban J connectivity index is 2.51. The third kappa shape index (κ3) is 2.37. The van der Waals surface area contributed by atoms with E-state index in [0.717, 1.165) is 12.1 Å². The fourth-order valence-corrected chi connectivity index (χ4v) is 1.58. The smallest absolute Gasteiger partial charge is 0.416 e. The molecule has 0 saturated heterocycles. The van der Waals surface area contributed by atoms with Crippen molar-refractivity contribution in [1.29, 1.82) is 0 Å². The molecule has 0 saturated carbocycles. The van der Waals surface area contributed by atoms with Crippen molar-refractivity contribution in [3.05, 3.63) is 35.5 Å². The first-order valence-electron chi connectivity index (χ1n) is 5.05. The van der Waals surface area contributed by atoms with Crippen LogP contribution >= 0.6 is 0 Å². The molecule has 2 aromatic rings. The predicted octanol–water partition coefficient (Wildman–Crippen LogP) is 2.38. The van der Waals surface area contributed by atoms with E-state index >= 15 is 0 Å². The van der Waals surface area contributed by atoms with Crippen LogP contribution in [0.2, 0.25) is 0 Å². The molecule has 0 aliphatic carbocycles. The first-order chi connectivity index (χ1) is 8.80. The van der Waals surface area contributed by atoms with Crippen LogP contribution in [0.4, 0.5) is 18.9 Å². The van der Waals surface area contributed by atoms with Gasteiger partial charge in [0.2, 0.25) is 0 Å². The van der Waals surface area contributed by atoms with Gasteiger partial charge in [-0.15, -0.1) is 0 Å². The van der Waals surface area contributed by atoms with Gasteiger partial charge in [-0.2, -0.15) is 18.3 Å². The fourth-order valence-electron chi connectivity index (χ4n) is 1.58. The molecule has 0 aliphatic heterocycles. The number of aromatic carboxylic acids is 1. The Bertz CT molecular complexity index is 634. The average Bonchev–Trinajstić information content (AvgIpc) is 2.70. The molecule has 0 spiro atoms. The molecular weight excluding hydrogens is 263 g/mol. The maximum atomic E-state index is 12.6. The van der Waals surface area contributed by atoms with E-state index in [4.69, 9.17) is 10.8 Å². The average molecular weight is 271 g/mol. The van der Waals surface area contributed by atoms with Crippen molar-refractivity contribution in [3.63, 3.8) is 0 Å². The number of H-pyrrole nitrogens is 1. The highest BCUT2D eigenvalue weighted by Gasteiger charge is 2.31. The summed E-state index contributed by atoms with van der Waals surface area (Å²) in [6.45, 7) is 0. The maximum absolute atomic E-state index is 12.6. The number of halogens is 3. The van der Waals surface area contributed by atoms with Gasteiger partial charge in [0, 0.05) is 5.56 Å². The minimum Gasteiger partial charge on any atom is -0.476 e. The standard InChI is InChI=1S/C11H8F3N3O2/c12-11(13,14)6-3-1-2-5(4-6)8-7(15)9(10(18)19)17-16-8/h1-4H,15H2,(H,16,17)(H,18,19). The van der Waals surface area contributed by atoms with Crippen LogP contribution in [-0.2, 0) is 6.18 Å². The Morgan fingerprint density at radius 3 is 2.58 bits per heavy atom. The summed E-state index contributed by atoms with van der Waals surface area (Å²) >= 11 is 0. The molecular formula is C11H8F3N3O2. The van der Waals surface area contributed by atoms with Crippen LogP contribution < -0.4 is 5.73 Å². The minimum atomic E-state index is -4.49. The first-order valence-corrected chi connectivity index (χ1v) is 5.05. The zero-order chi connectivity index (χ0) is 14.2. The number of hydrogen-bond donors (Lipinski definition) is 3. The molecule has 0 radical (unpaired) electrons. The number of carbonyl (C=O) groups is 1. The third-order valence-electron chi connectivity index (χ3n) is 2.48. The molecule has 1 aromatic heterocycles. The monoisotopic (exact) mass is 271 g/mol. The molecule has 0 amide bonds. The van der Waals surface area contributed by atoms with E-state index in [1.807, 2.05) is 0 Å². The molecule has 2 rings (SSSR count). The van der Waals surface area contributed by atoms with Crippen molar-refractivity contribution in [2.45, 2.75) is 6.18 Å². The lowest BCUT2D eigenvalue weighted by Crippen LogP contribution is -2.05. The zero-order valence-electron chi connectivity index (χ0n) is 9.32. The number of nitrogens with one attached hydrogen (secondary N) is 1. The number of aromatic amines is 1. The number of carboxylic acid groups (broad SMARTS) is 1. The summed E-state index contributed by atoms with van der Waals surface area (Å²) in [5.41, 5.74) is 4.20. The second-order valence-electron chi connectivity index (χ2n) is 3.74. The number of carboxylic acids is 1. The van der Waals surface area contributed by atoms with Gasteiger partial charge in [0.05, 0.1) is 11.3 Å². The molecule has 0 bridgehead atoms. The molecule has 0 aliphatic rings. The Kier molecular flexibility index (Phi) is 2.93. The van der Waals surface area contributed by atoms with Crippen molar-refractivity contribution in [2.24, 2.45) is 0 Å². The summed E-state index contributed by atoms with van der Waals surface area (Å²) < 4.78 is 37.7. The van der Waals surface area contributed by atoms with E-state index in [2.05, 4.69) is 10.2 Å². The highest BCUT2D eigenvalue weighted by molar-refractivity contribution is 5.95. The van der Waals surface area contributed by atoms with Gasteiger partial charge in [0.25, 0.3) is 0 Å². The summed E-state index contributed by atoms with van der Waals surface area (Å²) in [4.78, 5) is 10.8. The highest BCUT2D eigenvalue weighted by atomic mass is 19.4. The molecule has 0 atom stereocenters. The molecule has 4 N–H and O–H groups in total. The molecule has 5 nitrogen and oxygen atoms in total. The summed E-state index contributed by atoms with van der Waals surface area (Å²) in [6.07, 6.45) is -4.49. The third-order valence-corrected chi connectivity index (χ3v) is 2.48. The van der Waals surface area contributed by atoms with Crippen molar-refractivity contribution in [2.75, 3.05) is 5.73 Å². The summed E-state index contributed by atoms with van der Waals surface area (Å²) in [6, 6.07) is 4.34. The lowest BCUT2D eigenvalue weighted by atomic mass is 10.1. The summed E-state index contributed by atoms with van der Waals surface area (Å²) in [5.74, 6) is -1.33. The largest absolute Gasteiger partial charge is 0.476 e. The molecule has 0 unspecified atom stereocenters. The Morgan fingerprint density at radius 2 is 2.05 bits per heavy atom. The van der Waals surface area contributed by atoms with Crippen LogP contribution in [0.3, 0.4) is 0 Å². The minimum absolute atomic E-state index is 0.0245. The van der Waals surface area contributed by atoms with Crippen LogP contribution in [0, 0.1) is 0 Å². The van der Waals surface area contributed by atoms with Gasteiger partial charge in [-0.1, -0.05) is 12.1 Å². The van der Waals surface area contributed by atoms with Crippen molar-refractivity contribution in [1.82, 2.24) is 10.2 Å². The number of nitrogens with zero attached hydrogens (tertiary/aromatic N) is 1. The number of nitrogens with two attached hydrogens (primary N) is 1. The van der Waals surface area contributed by atoms with E-state index in [9.17, 15) is 18.0 Å². The number of nitrogen functional groups attached to an aromatic ring is 1. The highest BCUT2D eigenvalue weighted by Crippen LogP contribution is 2.33. The zero-order valence-corrected chi connectivity index (χ0v) is 9.32. The quantitative estimate of drug-likeness (QED) is 0.781. The van der Waals surface area contributed by atoms with Gasteiger partial charge >= 0.3 is 12.1 Å². The van der Waals surface area contributed by atoms with Gasteiger partial charge in [-0.3, -0.25) is 5.10 Å². The summed E-state index contributed by atoms with van der Waals surface area (Å²) in [7, 11) is 0. The summed E-state index contributed by atoms with van der Waals surface area (Å²) in [5, 5.41) is 14.6. The second kappa shape index (κ2) is 4.30. The number of rotatable bonds is 2. The second-order valence-corrected chi connectivity index (χ2v) is 3.74. The predicted molar refractivity (Wildman–Crippen MR) is 60.4 cm³/mol. The van der Waals surface area contributed by atoms with Crippen molar-refractivity contribution in [3.8, 4) is 11.3 Å². The first kappa shape index (κ1) is 12.9. The van der Waals surface area contributed by atoms with Crippen molar-refractivity contribution >= 4 is 11.7 Å². The van der Waals surface area contributed by atoms with Gasteiger partial charge in [-0.25, -0.2) is 4.79 Å². The van der Waals surface area contributed by atoms with E-state index in [1.54, 1.807) is 0 Å². The Hall–Kier alpha value is -2.51. The topological polar surface area (TPSA) is 92.0 Å². The fraction of sp³-hybridized carbons (Fsp3) is 0.0909. The van der Waals surface area contributed by atoms with Crippen LogP contribution in [-0.4, -0.2) is 21.3 Å². The number of alkyl halides is 3. The molecule has 1 heterocycles. The van der Waals surface area contributed by atoms with E-state index in [-0.39, 0.29) is 22.6 Å². The van der Waals surface area contributed by atoms with E-state index in [1.165, 1.54) is 12.1 Å². The van der Waals surface area contributed by atoms with Crippen LogP contribution in [0.25, 0.3) is 11.3 Å². The molecule has 100 valence electrons. The van der Waals surface area contributed by atoms with Gasteiger partial charge < -0.3 is 10.8 Å². The number of hydrogen-bond acceptors (Lipinski definition) is 3. The Morgan fingerprint density at radius 1 is 1.37 bits per heavy atom. The molecule has 1 aromatic carbocycles. The lowest BCUT2D eigenvalue weighted by Gasteiger charge is -2.07. The van der Waals surface area contributed by atoms with Crippen LogP contribution in [0.1, 0.15) is 16.1 Å². The maximum Gasteiger partial charge on any atom is 0.416 e. The van der Waals surface area contributed by atoms with E-state index < -0.39 is 17.7 Å². The number of anilines is 1. The normalized spacial score (nSPS) is 11.5. The molecule has 8 heteroatoms. The number of benzene rings is 1. The van der Waals surface area contributed by atoms with Gasteiger partial charge in [0.1, 0.15) is 5.69 Å². The van der Waals surface area contributed by atoms with E-state index in [0.29, 0.717) is 0 Å². The van der Waals surface area contributed by atoms with Crippen LogP contribution in [0.5, 0.6) is 0 Å². The molecule has 0 fully saturated rings. The lowest BCUT2D eigenvalue weighted by molar-refractivity contribution is -0.137. The van der Waals surface area contributed by atoms with Crippen molar-refractivity contribution < 1.29 is 23.1 Å². The van der Waals surface area contributed by atoms with Gasteiger partial charge in [0.15, 0.2) is 5.69 Å². The van der Waals surface area contributed by atoms with Gasteiger partial charge in [-0.05, 0) is 12.1 Å². The number of aromatic nitrogens is 2. The SMILES string of the molecule is Nc1c(-c2cccc(C(F)(F)F)c2)n[nH]c1C(=O)O. The molecule has 19 heavy (non-hydrogen) atoms. The van der Waals surface area contributed by atoms with Crippen LogP contribution in [0.15, 0.2) is 24.3 Å².